The second-order valence-corrected chi connectivity index (χ2v) is 8.05. The normalized spacial score (nSPS) is 22.8. The average Bonchev–Trinajstić information content (AvgIpc) is 3.14. The fourth-order valence-corrected chi connectivity index (χ4v) is 4.57. The first kappa shape index (κ1) is 17.0. The van der Waals surface area contributed by atoms with E-state index >= 15 is 0 Å². The number of alkyl carbamates (subject to hydrolysis) is 1. The Morgan fingerprint density at radius 1 is 1.27 bits per heavy atom. The largest absolute Gasteiger partial charge is 0.441 e. The molecule has 4 rings (SSSR count). The van der Waals surface area contributed by atoms with Crippen molar-refractivity contribution in [2.45, 2.75) is 31.8 Å². The van der Waals surface area contributed by atoms with Gasteiger partial charge in [-0.25, -0.2) is 9.78 Å². The molecule has 1 spiro atoms. The first-order valence-electron chi connectivity index (χ1n) is 8.85. The van der Waals surface area contributed by atoms with Gasteiger partial charge in [0.05, 0.1) is 17.2 Å². The number of benzene rings is 1. The topological polar surface area (TPSA) is 71.5 Å². The van der Waals surface area contributed by atoms with Gasteiger partial charge in [-0.05, 0) is 19.8 Å². The number of rotatable bonds is 2. The van der Waals surface area contributed by atoms with Crippen LogP contribution in [-0.4, -0.2) is 47.1 Å². The van der Waals surface area contributed by atoms with Gasteiger partial charge >= 0.3 is 6.09 Å². The fraction of sp³-hybridized carbons (Fsp3) is 0.421. The maximum Gasteiger partial charge on any atom is 0.407 e. The van der Waals surface area contributed by atoms with Crippen LogP contribution in [0.4, 0.5) is 4.79 Å². The van der Waals surface area contributed by atoms with Crippen LogP contribution in [0.1, 0.15) is 33.9 Å². The molecule has 2 aliphatic rings. The monoisotopic (exact) mass is 371 g/mol. The Kier molecular flexibility index (Phi) is 4.40. The summed E-state index contributed by atoms with van der Waals surface area (Å²) in [5, 5.41) is 3.63. The third-order valence-electron chi connectivity index (χ3n) is 5.02. The minimum atomic E-state index is -0.460. The molecule has 2 saturated heterocycles. The van der Waals surface area contributed by atoms with Crippen LogP contribution in [0, 0.1) is 6.92 Å². The van der Waals surface area contributed by atoms with Crippen molar-refractivity contribution in [2.24, 2.45) is 0 Å². The van der Waals surface area contributed by atoms with Gasteiger partial charge in [-0.3, -0.25) is 4.79 Å². The fourth-order valence-electron chi connectivity index (χ4n) is 3.66. The molecule has 2 aliphatic heterocycles. The third-order valence-corrected chi connectivity index (χ3v) is 5.98. The van der Waals surface area contributed by atoms with Crippen LogP contribution in [0.2, 0.25) is 0 Å². The molecule has 1 aromatic carbocycles. The molecule has 2 aromatic rings. The molecule has 6 nitrogen and oxygen atoms in total. The second-order valence-electron chi connectivity index (χ2n) is 6.85. The summed E-state index contributed by atoms with van der Waals surface area (Å²) < 4.78 is 5.50. The predicted molar refractivity (Wildman–Crippen MR) is 99.3 cm³/mol. The number of aryl methyl sites for hydroxylation is 1. The number of carbonyl (C=O) groups is 2. The standard InChI is InChI=1S/C19H21N3O3S/c1-13-21-15(14-6-3-2-4-7-14)16(26-13)17(23)22-10-5-8-19(9-11-22)12-20-18(24)25-19/h2-4,6-7H,5,8-12H2,1H3,(H,20,24). The molecule has 7 heteroatoms. The summed E-state index contributed by atoms with van der Waals surface area (Å²) in [6, 6.07) is 9.82. The van der Waals surface area contributed by atoms with Crippen LogP contribution in [0.25, 0.3) is 11.3 Å². The number of amides is 2. The Labute approximate surface area is 156 Å². The van der Waals surface area contributed by atoms with Gasteiger partial charge in [0.1, 0.15) is 10.5 Å². The minimum Gasteiger partial charge on any atom is -0.441 e. The van der Waals surface area contributed by atoms with Gasteiger partial charge in [-0.2, -0.15) is 0 Å². The Bertz CT molecular complexity index is 836. The predicted octanol–water partition coefficient (Wildman–Crippen LogP) is 3.22. The van der Waals surface area contributed by atoms with Crippen molar-refractivity contribution < 1.29 is 14.3 Å². The van der Waals surface area contributed by atoms with Crippen molar-refractivity contribution in [3.63, 3.8) is 0 Å². The van der Waals surface area contributed by atoms with Crippen molar-refractivity contribution in [1.82, 2.24) is 15.2 Å². The molecule has 0 bridgehead atoms. The van der Waals surface area contributed by atoms with Crippen LogP contribution in [0.3, 0.4) is 0 Å². The number of thiazole rings is 1. The zero-order chi connectivity index (χ0) is 18.1. The van der Waals surface area contributed by atoms with Crippen molar-refractivity contribution in [1.29, 1.82) is 0 Å². The first-order valence-corrected chi connectivity index (χ1v) is 9.67. The molecular weight excluding hydrogens is 350 g/mol. The lowest BCUT2D eigenvalue weighted by Crippen LogP contribution is -2.36. The number of nitrogens with zero attached hydrogens (tertiary/aromatic N) is 2. The molecule has 3 heterocycles. The maximum atomic E-state index is 13.2. The smallest absolute Gasteiger partial charge is 0.407 e. The molecule has 2 amide bonds. The van der Waals surface area contributed by atoms with Gasteiger partial charge in [-0.15, -0.1) is 11.3 Å². The SMILES string of the molecule is Cc1nc(-c2ccccc2)c(C(=O)N2CCCC3(CC2)CNC(=O)O3)s1. The van der Waals surface area contributed by atoms with Gasteiger partial charge in [0.2, 0.25) is 0 Å². The maximum absolute atomic E-state index is 13.2. The van der Waals surface area contributed by atoms with E-state index in [1.807, 2.05) is 42.2 Å². The first-order chi connectivity index (χ1) is 12.6. The van der Waals surface area contributed by atoms with E-state index in [0.717, 1.165) is 29.1 Å². The zero-order valence-electron chi connectivity index (χ0n) is 14.7. The lowest BCUT2D eigenvalue weighted by Gasteiger charge is -2.24. The lowest BCUT2D eigenvalue weighted by molar-refractivity contribution is 0.0439. The lowest BCUT2D eigenvalue weighted by atomic mass is 9.95. The van der Waals surface area contributed by atoms with Gasteiger partial charge in [0.15, 0.2) is 0 Å². The highest BCUT2D eigenvalue weighted by molar-refractivity contribution is 7.14. The van der Waals surface area contributed by atoms with Gasteiger partial charge in [0.25, 0.3) is 5.91 Å². The van der Waals surface area contributed by atoms with E-state index in [4.69, 9.17) is 4.74 Å². The summed E-state index contributed by atoms with van der Waals surface area (Å²) >= 11 is 1.44. The van der Waals surface area contributed by atoms with Crippen LogP contribution >= 0.6 is 11.3 Å². The van der Waals surface area contributed by atoms with Crippen molar-refractivity contribution in [3.05, 3.63) is 40.2 Å². The van der Waals surface area contributed by atoms with Crippen molar-refractivity contribution in [3.8, 4) is 11.3 Å². The van der Waals surface area contributed by atoms with Gasteiger partial charge < -0.3 is 15.0 Å². The summed E-state index contributed by atoms with van der Waals surface area (Å²) in [6.07, 6.45) is 1.91. The number of hydrogen-bond donors (Lipinski definition) is 1. The highest BCUT2D eigenvalue weighted by Gasteiger charge is 2.42. The highest BCUT2D eigenvalue weighted by Crippen LogP contribution is 2.32. The third kappa shape index (κ3) is 3.19. The zero-order valence-corrected chi connectivity index (χ0v) is 15.5. The number of aromatic nitrogens is 1. The molecule has 1 unspecified atom stereocenters. The van der Waals surface area contributed by atoms with Crippen molar-refractivity contribution in [2.75, 3.05) is 19.6 Å². The second kappa shape index (κ2) is 6.72. The van der Waals surface area contributed by atoms with Gasteiger partial charge in [-0.1, -0.05) is 30.3 Å². The summed E-state index contributed by atoms with van der Waals surface area (Å²) in [5.41, 5.74) is 1.25. The number of nitrogens with one attached hydrogen (secondary N) is 1. The molecule has 0 radical (unpaired) electrons. The van der Waals surface area contributed by atoms with Crippen LogP contribution in [0.5, 0.6) is 0 Å². The summed E-state index contributed by atoms with van der Waals surface area (Å²) in [6.45, 7) is 3.71. The number of likely N-dealkylation sites (tertiary alicyclic amines) is 1. The molecule has 0 saturated carbocycles. The quantitative estimate of drug-likeness (QED) is 0.880. The molecule has 2 fully saturated rings. The number of ether oxygens (including phenoxy) is 1. The molecule has 136 valence electrons. The minimum absolute atomic E-state index is 0.0174. The van der Waals surface area contributed by atoms with Gasteiger partial charge in [0, 0.05) is 25.1 Å². The van der Waals surface area contributed by atoms with E-state index < -0.39 is 5.60 Å². The highest BCUT2D eigenvalue weighted by atomic mass is 32.1. The van der Waals surface area contributed by atoms with Crippen LogP contribution in [0.15, 0.2) is 30.3 Å². The van der Waals surface area contributed by atoms with E-state index in [-0.39, 0.29) is 12.0 Å². The molecular formula is C19H21N3O3S. The van der Waals surface area contributed by atoms with E-state index in [0.29, 0.717) is 30.9 Å². The average molecular weight is 371 g/mol. The Morgan fingerprint density at radius 2 is 2.08 bits per heavy atom. The Balaban J connectivity index is 1.56. The molecule has 26 heavy (non-hydrogen) atoms. The van der Waals surface area contributed by atoms with E-state index in [1.165, 1.54) is 11.3 Å². The molecule has 1 atom stereocenters. The van der Waals surface area contributed by atoms with Crippen LogP contribution in [-0.2, 0) is 4.74 Å². The van der Waals surface area contributed by atoms with Crippen LogP contribution < -0.4 is 5.32 Å². The van der Waals surface area contributed by atoms with Crippen molar-refractivity contribution >= 4 is 23.3 Å². The van der Waals surface area contributed by atoms with E-state index in [2.05, 4.69) is 10.3 Å². The Morgan fingerprint density at radius 3 is 2.81 bits per heavy atom. The number of hydrogen-bond acceptors (Lipinski definition) is 5. The summed E-state index contributed by atoms with van der Waals surface area (Å²) in [4.78, 5) is 31.8. The Hall–Kier alpha value is -2.41. The number of carbonyl (C=O) groups excluding carboxylic acids is 2. The molecule has 1 N–H and O–H groups in total. The molecule has 0 aliphatic carbocycles. The van der Waals surface area contributed by atoms with E-state index in [1.54, 1.807) is 0 Å². The molecule has 1 aromatic heterocycles. The van der Waals surface area contributed by atoms with E-state index in [9.17, 15) is 9.59 Å². The summed E-state index contributed by atoms with van der Waals surface area (Å²) in [7, 11) is 0. The summed E-state index contributed by atoms with van der Waals surface area (Å²) in [5.74, 6) is 0.0174.